The highest BCUT2D eigenvalue weighted by molar-refractivity contribution is 9.10. The summed E-state index contributed by atoms with van der Waals surface area (Å²) in [7, 11) is 0. The third-order valence-corrected chi connectivity index (χ3v) is 4.16. The predicted molar refractivity (Wildman–Crippen MR) is 78.9 cm³/mol. The Hall–Kier alpha value is -1.47. The van der Waals surface area contributed by atoms with E-state index < -0.39 is 0 Å². The number of nitrogens with two attached hydrogens (primary N) is 1. The second-order valence-corrected chi connectivity index (χ2v) is 5.76. The Labute approximate surface area is 124 Å². The Morgan fingerprint density at radius 1 is 1.35 bits per heavy atom. The molecule has 3 N–H and O–H groups in total. The predicted octanol–water partition coefficient (Wildman–Crippen LogP) is 2.30. The minimum absolute atomic E-state index is 0.255. The van der Waals surface area contributed by atoms with Gasteiger partial charge in [0.15, 0.2) is 5.82 Å². The number of aromatic nitrogens is 3. The number of piperidine rings is 1. The van der Waals surface area contributed by atoms with Gasteiger partial charge in [-0.2, -0.15) is 4.98 Å². The topological polar surface area (TPSA) is 70.8 Å². The Morgan fingerprint density at radius 3 is 2.80 bits per heavy atom. The van der Waals surface area contributed by atoms with Gasteiger partial charge in [0.25, 0.3) is 0 Å². The second-order valence-electron chi connectivity index (χ2n) is 4.91. The van der Waals surface area contributed by atoms with Gasteiger partial charge in [0.2, 0.25) is 5.95 Å². The van der Waals surface area contributed by atoms with Gasteiger partial charge in [0.1, 0.15) is 5.82 Å². The minimum Gasteiger partial charge on any atom is -0.339 e. The van der Waals surface area contributed by atoms with Crippen molar-refractivity contribution >= 4 is 21.9 Å². The molecule has 0 atom stereocenters. The molecule has 1 aromatic carbocycles. The number of anilines is 1. The lowest BCUT2D eigenvalue weighted by Gasteiger charge is -2.28. The van der Waals surface area contributed by atoms with Gasteiger partial charge in [-0.25, -0.2) is 4.39 Å². The number of aromatic amines is 1. The zero-order valence-electron chi connectivity index (χ0n) is 10.8. The molecular formula is C13H15BrFN5. The summed E-state index contributed by atoms with van der Waals surface area (Å²) < 4.78 is 14.5. The summed E-state index contributed by atoms with van der Waals surface area (Å²) in [4.78, 5) is 6.47. The van der Waals surface area contributed by atoms with Crippen LogP contribution in [0, 0.1) is 5.82 Å². The van der Waals surface area contributed by atoms with Crippen LogP contribution in [-0.2, 0) is 0 Å². The summed E-state index contributed by atoms with van der Waals surface area (Å²) in [6.45, 7) is 1.66. The van der Waals surface area contributed by atoms with Gasteiger partial charge < -0.3 is 10.6 Å². The largest absolute Gasteiger partial charge is 0.339 e. The van der Waals surface area contributed by atoms with Crippen molar-refractivity contribution in [1.82, 2.24) is 15.2 Å². The fourth-order valence-corrected chi connectivity index (χ4v) is 2.86. The molecule has 0 unspecified atom stereocenters. The summed E-state index contributed by atoms with van der Waals surface area (Å²) in [5, 5.41) is 6.99. The first-order valence-corrected chi connectivity index (χ1v) is 7.32. The maximum absolute atomic E-state index is 13.9. The van der Waals surface area contributed by atoms with Crippen LogP contribution in [0.5, 0.6) is 0 Å². The number of nitrogens with one attached hydrogen (secondary N) is 1. The van der Waals surface area contributed by atoms with Crippen LogP contribution in [0.3, 0.4) is 0 Å². The van der Waals surface area contributed by atoms with E-state index in [1.807, 2.05) is 0 Å². The third kappa shape index (κ3) is 2.55. The molecule has 0 bridgehead atoms. The Morgan fingerprint density at radius 2 is 2.10 bits per heavy atom. The summed E-state index contributed by atoms with van der Waals surface area (Å²) in [6, 6.07) is 5.08. The molecule has 20 heavy (non-hydrogen) atoms. The van der Waals surface area contributed by atoms with Gasteiger partial charge in [-0.3, -0.25) is 5.10 Å². The lowest BCUT2D eigenvalue weighted by atomic mass is 10.1. The lowest BCUT2D eigenvalue weighted by molar-refractivity contribution is 0.496. The molecule has 1 aromatic heterocycles. The summed E-state index contributed by atoms with van der Waals surface area (Å²) in [5.74, 6) is 0.699. The molecule has 5 nitrogen and oxygen atoms in total. The van der Waals surface area contributed by atoms with Gasteiger partial charge >= 0.3 is 0 Å². The van der Waals surface area contributed by atoms with Crippen molar-refractivity contribution in [3.63, 3.8) is 0 Å². The Kier molecular flexibility index (Phi) is 3.71. The van der Waals surface area contributed by atoms with Crippen LogP contribution in [0.1, 0.15) is 12.8 Å². The smallest absolute Gasteiger partial charge is 0.245 e. The van der Waals surface area contributed by atoms with Crippen molar-refractivity contribution in [3.8, 4) is 11.4 Å². The molecule has 1 aliphatic rings. The van der Waals surface area contributed by atoms with Crippen molar-refractivity contribution in [2.75, 3.05) is 18.0 Å². The van der Waals surface area contributed by atoms with Crippen LogP contribution >= 0.6 is 15.9 Å². The fraction of sp³-hybridized carbons (Fsp3) is 0.385. The average Bonchev–Trinajstić information content (AvgIpc) is 2.89. The van der Waals surface area contributed by atoms with E-state index in [9.17, 15) is 4.39 Å². The maximum Gasteiger partial charge on any atom is 0.245 e. The van der Waals surface area contributed by atoms with Crippen LogP contribution in [0.2, 0.25) is 0 Å². The van der Waals surface area contributed by atoms with Crippen LogP contribution in [0.15, 0.2) is 22.7 Å². The van der Waals surface area contributed by atoms with E-state index in [0.717, 1.165) is 25.9 Å². The van der Waals surface area contributed by atoms with Crippen molar-refractivity contribution in [2.45, 2.75) is 18.9 Å². The number of benzene rings is 1. The number of H-pyrrole nitrogens is 1. The molecule has 7 heteroatoms. The zero-order valence-corrected chi connectivity index (χ0v) is 12.4. The van der Waals surface area contributed by atoms with Crippen molar-refractivity contribution in [2.24, 2.45) is 5.73 Å². The number of hydrogen-bond acceptors (Lipinski definition) is 4. The van der Waals surface area contributed by atoms with Gasteiger partial charge in [0, 0.05) is 23.6 Å². The van der Waals surface area contributed by atoms with Crippen molar-refractivity contribution in [1.29, 1.82) is 0 Å². The number of rotatable bonds is 2. The molecule has 106 valence electrons. The molecule has 0 saturated carbocycles. The van der Waals surface area contributed by atoms with E-state index in [4.69, 9.17) is 5.73 Å². The molecule has 1 fully saturated rings. The standard InChI is InChI=1S/C13H15BrFN5/c14-9-2-1-3-10(15)11(9)12-17-13(19-18-12)20-6-4-8(16)5-7-20/h1-3,8H,4-7,16H2,(H,17,18,19). The molecule has 2 aromatic rings. The number of halogens is 2. The molecule has 1 saturated heterocycles. The van der Waals surface area contributed by atoms with Gasteiger partial charge in [-0.15, -0.1) is 5.10 Å². The highest BCUT2D eigenvalue weighted by atomic mass is 79.9. The normalized spacial score (nSPS) is 16.6. The third-order valence-electron chi connectivity index (χ3n) is 3.50. The van der Waals surface area contributed by atoms with Crippen LogP contribution in [-0.4, -0.2) is 34.3 Å². The van der Waals surface area contributed by atoms with Gasteiger partial charge in [0.05, 0.1) is 5.56 Å². The Balaban J connectivity index is 1.87. The fourth-order valence-electron chi connectivity index (χ4n) is 2.33. The van der Waals surface area contributed by atoms with E-state index in [-0.39, 0.29) is 11.9 Å². The van der Waals surface area contributed by atoms with Gasteiger partial charge in [-0.05, 0) is 40.9 Å². The molecule has 0 spiro atoms. The van der Waals surface area contributed by atoms with E-state index in [2.05, 4.69) is 36.0 Å². The van der Waals surface area contributed by atoms with Crippen molar-refractivity contribution < 1.29 is 4.39 Å². The zero-order chi connectivity index (χ0) is 14.1. The van der Waals surface area contributed by atoms with E-state index in [1.54, 1.807) is 12.1 Å². The summed E-state index contributed by atoms with van der Waals surface area (Å²) in [5.41, 5.74) is 6.28. The molecule has 0 radical (unpaired) electrons. The molecule has 0 amide bonds. The van der Waals surface area contributed by atoms with E-state index in [1.165, 1.54) is 6.07 Å². The average molecular weight is 340 g/mol. The van der Waals surface area contributed by atoms with E-state index >= 15 is 0 Å². The minimum atomic E-state index is -0.331. The second kappa shape index (κ2) is 5.49. The molecular weight excluding hydrogens is 325 g/mol. The number of hydrogen-bond donors (Lipinski definition) is 2. The first-order chi connectivity index (χ1) is 9.65. The highest BCUT2D eigenvalue weighted by Crippen LogP contribution is 2.29. The molecule has 2 heterocycles. The SMILES string of the molecule is NC1CCN(c2n[nH]c(-c3c(F)cccc3Br)n2)CC1. The summed E-state index contributed by atoms with van der Waals surface area (Å²) in [6.07, 6.45) is 1.85. The monoisotopic (exact) mass is 339 g/mol. The highest BCUT2D eigenvalue weighted by Gasteiger charge is 2.21. The van der Waals surface area contributed by atoms with Crippen LogP contribution < -0.4 is 10.6 Å². The quantitative estimate of drug-likeness (QED) is 0.880. The Bertz CT molecular complexity index is 586. The van der Waals surface area contributed by atoms with Crippen LogP contribution in [0.25, 0.3) is 11.4 Å². The lowest BCUT2D eigenvalue weighted by Crippen LogP contribution is -2.40. The van der Waals surface area contributed by atoms with Gasteiger partial charge in [-0.1, -0.05) is 6.07 Å². The number of nitrogens with zero attached hydrogens (tertiary/aromatic N) is 3. The molecule has 1 aliphatic heterocycles. The first kappa shape index (κ1) is 13.5. The molecule has 0 aliphatic carbocycles. The first-order valence-electron chi connectivity index (χ1n) is 6.52. The van der Waals surface area contributed by atoms with Crippen molar-refractivity contribution in [3.05, 3.63) is 28.5 Å². The summed E-state index contributed by atoms with van der Waals surface area (Å²) >= 11 is 3.34. The maximum atomic E-state index is 13.9. The molecule has 3 rings (SSSR count). The van der Waals surface area contributed by atoms with E-state index in [0.29, 0.717) is 21.8 Å². The van der Waals surface area contributed by atoms with Crippen LogP contribution in [0.4, 0.5) is 10.3 Å².